The number of sulfonamides is 1. The van der Waals surface area contributed by atoms with Gasteiger partial charge in [-0.2, -0.15) is 4.31 Å². The summed E-state index contributed by atoms with van der Waals surface area (Å²) in [6, 6.07) is 2.49. The van der Waals surface area contributed by atoms with E-state index < -0.39 is 22.0 Å². The van der Waals surface area contributed by atoms with Crippen LogP contribution in [0.1, 0.15) is 12.8 Å². The fourth-order valence-corrected chi connectivity index (χ4v) is 5.67. The lowest BCUT2D eigenvalue weighted by Gasteiger charge is -2.20. The number of nitrogens with zero attached hydrogens (tertiary/aromatic N) is 1. The van der Waals surface area contributed by atoms with Gasteiger partial charge in [0.2, 0.25) is 5.91 Å². The maximum atomic E-state index is 12.3. The zero-order valence-electron chi connectivity index (χ0n) is 8.80. The highest BCUT2D eigenvalue weighted by Crippen LogP contribution is 2.32. The van der Waals surface area contributed by atoms with Gasteiger partial charge in [-0.1, -0.05) is 0 Å². The van der Waals surface area contributed by atoms with Crippen LogP contribution in [-0.2, 0) is 14.8 Å². The number of hydrogen-bond acceptors (Lipinski definition) is 4. The van der Waals surface area contributed by atoms with Crippen LogP contribution in [0.15, 0.2) is 20.1 Å². The van der Waals surface area contributed by atoms with E-state index in [0.29, 0.717) is 19.4 Å². The van der Waals surface area contributed by atoms with Gasteiger partial charge in [0.1, 0.15) is 10.3 Å². The average Bonchev–Trinajstić information content (AvgIpc) is 2.84. The van der Waals surface area contributed by atoms with E-state index in [0.717, 1.165) is 15.1 Å². The van der Waals surface area contributed by atoms with Gasteiger partial charge in [-0.15, -0.1) is 11.3 Å². The van der Waals surface area contributed by atoms with Crippen LogP contribution in [0.25, 0.3) is 0 Å². The van der Waals surface area contributed by atoms with Crippen molar-refractivity contribution in [2.24, 2.45) is 5.73 Å². The molecule has 1 amide bonds. The largest absolute Gasteiger partial charge is 0.368 e. The monoisotopic (exact) mass is 338 g/mol. The second-order valence-electron chi connectivity index (χ2n) is 3.73. The fourth-order valence-electron chi connectivity index (χ4n) is 1.86. The summed E-state index contributed by atoms with van der Waals surface area (Å²) >= 11 is 4.35. The topological polar surface area (TPSA) is 80.5 Å². The van der Waals surface area contributed by atoms with E-state index in [4.69, 9.17) is 5.73 Å². The molecule has 1 atom stereocenters. The van der Waals surface area contributed by atoms with Gasteiger partial charge in [0, 0.05) is 6.54 Å². The number of carbonyl (C=O) groups is 1. The Morgan fingerprint density at radius 3 is 2.76 bits per heavy atom. The fraction of sp³-hybridized carbons (Fsp3) is 0.444. The van der Waals surface area contributed by atoms with Gasteiger partial charge in [-0.25, -0.2) is 8.42 Å². The molecule has 2 rings (SSSR count). The summed E-state index contributed by atoms with van der Waals surface area (Å²) in [4.78, 5) is 11.2. The third-order valence-corrected chi connectivity index (χ3v) is 6.64. The van der Waals surface area contributed by atoms with Gasteiger partial charge < -0.3 is 5.73 Å². The lowest BCUT2D eigenvalue weighted by molar-refractivity contribution is -0.121. The summed E-state index contributed by atoms with van der Waals surface area (Å²) in [5, 5.41) is 0. The molecule has 0 radical (unpaired) electrons. The molecule has 1 saturated heterocycles. The van der Waals surface area contributed by atoms with Crippen molar-refractivity contribution < 1.29 is 13.2 Å². The van der Waals surface area contributed by atoms with Crippen LogP contribution in [0, 0.1) is 0 Å². The molecule has 94 valence electrons. The van der Waals surface area contributed by atoms with Crippen molar-refractivity contribution >= 4 is 43.2 Å². The SMILES string of the molecule is NC(=O)[C@@H]1CCCN1S(=O)(=O)c1ccc(Br)s1. The summed E-state index contributed by atoms with van der Waals surface area (Å²) in [5.74, 6) is -0.582. The van der Waals surface area contributed by atoms with E-state index in [1.165, 1.54) is 10.4 Å². The van der Waals surface area contributed by atoms with Crippen molar-refractivity contribution in [2.45, 2.75) is 23.1 Å². The van der Waals surface area contributed by atoms with Gasteiger partial charge in [0.05, 0.1) is 3.79 Å². The normalized spacial score (nSPS) is 21.8. The van der Waals surface area contributed by atoms with E-state index >= 15 is 0 Å². The third-order valence-electron chi connectivity index (χ3n) is 2.64. The Labute approximate surface area is 112 Å². The number of halogens is 1. The van der Waals surface area contributed by atoms with Crippen LogP contribution < -0.4 is 5.73 Å². The summed E-state index contributed by atoms with van der Waals surface area (Å²) < 4.78 is 26.7. The molecular formula is C9H11BrN2O3S2. The van der Waals surface area contributed by atoms with Crippen LogP contribution in [0.2, 0.25) is 0 Å². The summed E-state index contributed by atoms with van der Waals surface area (Å²) in [5.41, 5.74) is 5.22. The lowest BCUT2D eigenvalue weighted by atomic mass is 10.2. The molecule has 0 aromatic carbocycles. The predicted octanol–water partition coefficient (Wildman–Crippen LogP) is 1.15. The first-order chi connectivity index (χ1) is 7.93. The third kappa shape index (κ3) is 2.40. The Kier molecular flexibility index (Phi) is 3.58. The molecule has 1 aliphatic rings. The molecule has 0 saturated carbocycles. The molecular weight excluding hydrogens is 328 g/mol. The van der Waals surface area contributed by atoms with Crippen molar-refractivity contribution in [3.05, 3.63) is 15.9 Å². The molecule has 1 aromatic rings. The molecule has 1 fully saturated rings. The minimum absolute atomic E-state index is 0.234. The number of hydrogen-bond donors (Lipinski definition) is 1. The minimum atomic E-state index is -3.59. The van der Waals surface area contributed by atoms with E-state index in [1.807, 2.05) is 0 Å². The van der Waals surface area contributed by atoms with Crippen molar-refractivity contribution in [2.75, 3.05) is 6.54 Å². The van der Waals surface area contributed by atoms with Crippen LogP contribution in [0.4, 0.5) is 0 Å². The smallest absolute Gasteiger partial charge is 0.253 e. The molecule has 5 nitrogen and oxygen atoms in total. The average molecular weight is 339 g/mol. The first kappa shape index (κ1) is 13.0. The summed E-state index contributed by atoms with van der Waals surface area (Å²) in [6.07, 6.45) is 1.17. The first-order valence-corrected chi connectivity index (χ1v) is 8.04. The highest BCUT2D eigenvalue weighted by molar-refractivity contribution is 9.11. The number of nitrogens with two attached hydrogens (primary N) is 1. The molecule has 0 aliphatic carbocycles. The van der Waals surface area contributed by atoms with Gasteiger partial charge in [-0.3, -0.25) is 4.79 Å². The standard InChI is InChI=1S/C9H11BrN2O3S2/c10-7-3-4-8(16-7)17(14,15)12-5-1-2-6(12)9(11)13/h3-4,6H,1-2,5H2,(H2,11,13)/t6-/m0/s1. The second-order valence-corrected chi connectivity index (χ2v) is 8.32. The van der Waals surface area contributed by atoms with E-state index in [-0.39, 0.29) is 4.21 Å². The molecule has 8 heteroatoms. The molecule has 0 bridgehead atoms. The Bertz CT molecular complexity index is 540. The molecule has 0 spiro atoms. The summed E-state index contributed by atoms with van der Waals surface area (Å²) in [7, 11) is -3.59. The van der Waals surface area contributed by atoms with Crippen LogP contribution in [0.3, 0.4) is 0 Å². The van der Waals surface area contributed by atoms with E-state index in [9.17, 15) is 13.2 Å². The van der Waals surface area contributed by atoms with E-state index in [2.05, 4.69) is 15.9 Å². The molecule has 2 N–H and O–H groups in total. The minimum Gasteiger partial charge on any atom is -0.368 e. The zero-order chi connectivity index (χ0) is 12.6. The maximum Gasteiger partial charge on any atom is 0.253 e. The van der Waals surface area contributed by atoms with Crippen molar-refractivity contribution in [3.8, 4) is 0 Å². The zero-order valence-corrected chi connectivity index (χ0v) is 12.0. The number of thiophene rings is 1. The molecule has 2 heterocycles. The molecule has 0 unspecified atom stereocenters. The lowest BCUT2D eigenvalue weighted by Crippen LogP contribution is -2.43. The summed E-state index contributed by atoms with van der Waals surface area (Å²) in [6.45, 7) is 0.353. The second kappa shape index (κ2) is 4.68. The van der Waals surface area contributed by atoms with Crippen LogP contribution in [0.5, 0.6) is 0 Å². The molecule has 1 aliphatic heterocycles. The van der Waals surface area contributed by atoms with Crippen molar-refractivity contribution in [1.29, 1.82) is 0 Å². The predicted molar refractivity (Wildman–Crippen MR) is 68.1 cm³/mol. The first-order valence-electron chi connectivity index (χ1n) is 4.99. The van der Waals surface area contributed by atoms with Gasteiger partial charge in [-0.05, 0) is 40.9 Å². The Balaban J connectivity index is 2.36. The van der Waals surface area contributed by atoms with Gasteiger partial charge in [0.25, 0.3) is 10.0 Å². The number of amides is 1. The van der Waals surface area contributed by atoms with Gasteiger partial charge in [0.15, 0.2) is 0 Å². The number of primary amides is 1. The quantitative estimate of drug-likeness (QED) is 0.897. The Hall–Kier alpha value is -0.440. The van der Waals surface area contributed by atoms with Crippen LogP contribution >= 0.6 is 27.3 Å². The number of carbonyl (C=O) groups excluding carboxylic acids is 1. The Morgan fingerprint density at radius 1 is 1.53 bits per heavy atom. The highest BCUT2D eigenvalue weighted by atomic mass is 79.9. The van der Waals surface area contributed by atoms with Crippen LogP contribution in [-0.4, -0.2) is 31.2 Å². The van der Waals surface area contributed by atoms with E-state index in [1.54, 1.807) is 6.07 Å². The highest BCUT2D eigenvalue weighted by Gasteiger charge is 2.38. The van der Waals surface area contributed by atoms with Gasteiger partial charge >= 0.3 is 0 Å². The maximum absolute atomic E-state index is 12.3. The van der Waals surface area contributed by atoms with Crippen molar-refractivity contribution in [3.63, 3.8) is 0 Å². The Morgan fingerprint density at radius 2 is 2.24 bits per heavy atom. The molecule has 17 heavy (non-hydrogen) atoms. The van der Waals surface area contributed by atoms with Crippen molar-refractivity contribution in [1.82, 2.24) is 4.31 Å². The molecule has 1 aromatic heterocycles. The number of rotatable bonds is 3.